The molecular weight excluding hydrogens is 296 g/mol. The first kappa shape index (κ1) is 14.4. The first-order chi connectivity index (χ1) is 9.58. The first-order valence-electron chi connectivity index (χ1n) is 5.74. The highest BCUT2D eigenvalue weighted by Gasteiger charge is 2.07. The molecule has 2 aromatic heterocycles. The van der Waals surface area contributed by atoms with Gasteiger partial charge in [-0.1, -0.05) is 0 Å². The number of thiazole rings is 1. The fraction of sp³-hybridized carbons (Fsp3) is 0.154. The van der Waals surface area contributed by atoms with Crippen molar-refractivity contribution < 1.29 is 14.7 Å². The molecule has 0 spiro atoms. The van der Waals surface area contributed by atoms with Gasteiger partial charge in [0.05, 0.1) is 12.1 Å². The number of rotatable bonds is 5. The standard InChI is InChI=1S/C13H12N2O3S2/c1-14-12(18)13-15-8(7-19-13)2-3-9-4-5-10(20-9)6-11(16)17/h2-5,7H,6H2,1H3,(H,14,18)(H,16,17)/b3-2+. The van der Waals surface area contributed by atoms with Crippen LogP contribution in [0.3, 0.4) is 0 Å². The third-order valence-corrected chi connectivity index (χ3v) is 4.28. The largest absolute Gasteiger partial charge is 0.481 e. The van der Waals surface area contributed by atoms with Crippen LogP contribution in [0.1, 0.15) is 25.3 Å². The van der Waals surface area contributed by atoms with Crippen molar-refractivity contribution in [3.8, 4) is 0 Å². The van der Waals surface area contributed by atoms with E-state index in [1.165, 1.54) is 22.7 Å². The lowest BCUT2D eigenvalue weighted by Crippen LogP contribution is -2.17. The lowest BCUT2D eigenvalue weighted by Gasteiger charge is -1.90. The van der Waals surface area contributed by atoms with Crippen LogP contribution < -0.4 is 5.32 Å². The summed E-state index contributed by atoms with van der Waals surface area (Å²) in [6.45, 7) is 0. The molecule has 2 aromatic rings. The minimum atomic E-state index is -0.836. The molecule has 7 heteroatoms. The van der Waals surface area contributed by atoms with Crippen molar-refractivity contribution in [2.24, 2.45) is 0 Å². The Bertz CT molecular complexity index is 658. The highest BCUT2D eigenvalue weighted by molar-refractivity contribution is 7.13. The lowest BCUT2D eigenvalue weighted by molar-refractivity contribution is -0.136. The number of amides is 1. The molecule has 0 aromatic carbocycles. The van der Waals surface area contributed by atoms with Crippen LogP contribution in [0.25, 0.3) is 12.2 Å². The Morgan fingerprint density at radius 2 is 2.20 bits per heavy atom. The number of thiophene rings is 1. The highest BCUT2D eigenvalue weighted by atomic mass is 32.1. The molecule has 0 radical (unpaired) electrons. The van der Waals surface area contributed by atoms with Crippen molar-refractivity contribution in [2.45, 2.75) is 6.42 Å². The number of carboxylic acid groups (broad SMARTS) is 1. The minimum Gasteiger partial charge on any atom is -0.481 e. The van der Waals surface area contributed by atoms with Gasteiger partial charge in [0.1, 0.15) is 0 Å². The van der Waals surface area contributed by atoms with E-state index in [1.807, 2.05) is 12.1 Å². The summed E-state index contributed by atoms with van der Waals surface area (Å²) in [6.07, 6.45) is 3.70. The Kier molecular flexibility index (Phi) is 4.65. The van der Waals surface area contributed by atoms with Crippen LogP contribution in [0.2, 0.25) is 0 Å². The molecule has 0 aliphatic rings. The summed E-state index contributed by atoms with van der Waals surface area (Å²) in [7, 11) is 1.56. The summed E-state index contributed by atoms with van der Waals surface area (Å²) in [5.74, 6) is -1.04. The number of nitrogens with one attached hydrogen (secondary N) is 1. The van der Waals surface area contributed by atoms with Gasteiger partial charge in [-0.2, -0.15) is 0 Å². The third-order valence-electron chi connectivity index (χ3n) is 2.37. The van der Waals surface area contributed by atoms with Crippen LogP contribution in [0.4, 0.5) is 0 Å². The van der Waals surface area contributed by atoms with E-state index in [2.05, 4.69) is 10.3 Å². The van der Waals surface area contributed by atoms with Crippen LogP contribution in [0, 0.1) is 0 Å². The van der Waals surface area contributed by atoms with E-state index < -0.39 is 5.97 Å². The number of aromatic nitrogens is 1. The van der Waals surface area contributed by atoms with E-state index >= 15 is 0 Å². The number of aliphatic carboxylic acids is 1. The molecular formula is C13H12N2O3S2. The second-order valence-electron chi connectivity index (χ2n) is 3.86. The zero-order chi connectivity index (χ0) is 14.5. The summed E-state index contributed by atoms with van der Waals surface area (Å²) in [4.78, 5) is 27.9. The van der Waals surface area contributed by atoms with Gasteiger partial charge in [0.25, 0.3) is 5.91 Å². The number of carbonyl (C=O) groups is 2. The molecule has 0 unspecified atom stereocenters. The molecule has 0 fully saturated rings. The van der Waals surface area contributed by atoms with Gasteiger partial charge in [-0.3, -0.25) is 9.59 Å². The van der Waals surface area contributed by atoms with Crippen molar-refractivity contribution >= 4 is 46.7 Å². The predicted molar refractivity (Wildman–Crippen MR) is 80.1 cm³/mol. The van der Waals surface area contributed by atoms with E-state index in [0.29, 0.717) is 10.7 Å². The molecule has 0 bridgehead atoms. The van der Waals surface area contributed by atoms with E-state index in [1.54, 1.807) is 24.6 Å². The summed E-state index contributed by atoms with van der Waals surface area (Å²) < 4.78 is 0. The highest BCUT2D eigenvalue weighted by Crippen LogP contribution is 2.20. The van der Waals surface area contributed by atoms with E-state index in [0.717, 1.165) is 9.75 Å². The second kappa shape index (κ2) is 6.44. The molecule has 2 heterocycles. The maximum Gasteiger partial charge on any atom is 0.308 e. The van der Waals surface area contributed by atoms with Gasteiger partial charge in [0.15, 0.2) is 5.01 Å². The van der Waals surface area contributed by atoms with Gasteiger partial charge in [-0.25, -0.2) is 4.98 Å². The second-order valence-corrected chi connectivity index (χ2v) is 5.92. The molecule has 0 atom stereocenters. The fourth-order valence-electron chi connectivity index (χ4n) is 1.47. The molecule has 0 aliphatic carbocycles. The Morgan fingerprint density at radius 1 is 1.40 bits per heavy atom. The topological polar surface area (TPSA) is 79.3 Å². The molecule has 2 N–H and O–H groups in total. The van der Waals surface area contributed by atoms with Gasteiger partial charge < -0.3 is 10.4 Å². The minimum absolute atomic E-state index is 0.0377. The van der Waals surface area contributed by atoms with E-state index in [9.17, 15) is 9.59 Å². The third kappa shape index (κ3) is 3.75. The molecule has 0 aliphatic heterocycles. The van der Waals surface area contributed by atoms with Crippen molar-refractivity contribution in [1.29, 1.82) is 0 Å². The maximum atomic E-state index is 11.4. The Balaban J connectivity index is 2.05. The van der Waals surface area contributed by atoms with Crippen LogP contribution in [0.5, 0.6) is 0 Å². The lowest BCUT2D eigenvalue weighted by atomic mass is 10.3. The summed E-state index contributed by atoms with van der Waals surface area (Å²) >= 11 is 2.71. The average Bonchev–Trinajstić information content (AvgIpc) is 3.04. The monoisotopic (exact) mass is 308 g/mol. The normalized spacial score (nSPS) is 10.8. The van der Waals surface area contributed by atoms with Gasteiger partial charge in [0, 0.05) is 22.2 Å². The van der Waals surface area contributed by atoms with Gasteiger partial charge in [0.2, 0.25) is 0 Å². The molecule has 20 heavy (non-hydrogen) atoms. The summed E-state index contributed by atoms with van der Waals surface area (Å²) in [5, 5.41) is 13.4. The number of hydrogen-bond donors (Lipinski definition) is 2. The molecule has 1 amide bonds. The van der Waals surface area contributed by atoms with Crippen molar-refractivity contribution in [3.05, 3.63) is 38.0 Å². The number of carboxylic acids is 1. The number of carbonyl (C=O) groups excluding carboxylic acids is 1. The van der Waals surface area contributed by atoms with E-state index in [4.69, 9.17) is 5.11 Å². The van der Waals surface area contributed by atoms with Gasteiger partial charge in [-0.05, 0) is 24.3 Å². The van der Waals surface area contributed by atoms with Crippen molar-refractivity contribution in [1.82, 2.24) is 10.3 Å². The van der Waals surface area contributed by atoms with Crippen LogP contribution in [0.15, 0.2) is 17.5 Å². The smallest absolute Gasteiger partial charge is 0.308 e. The van der Waals surface area contributed by atoms with Crippen molar-refractivity contribution in [2.75, 3.05) is 7.05 Å². The summed E-state index contributed by atoms with van der Waals surface area (Å²) in [5.41, 5.74) is 0.710. The zero-order valence-corrected chi connectivity index (χ0v) is 12.3. The van der Waals surface area contributed by atoms with Crippen molar-refractivity contribution in [3.63, 3.8) is 0 Å². The Morgan fingerprint density at radius 3 is 2.90 bits per heavy atom. The molecule has 0 saturated heterocycles. The predicted octanol–water partition coefficient (Wildman–Crippen LogP) is 2.36. The van der Waals surface area contributed by atoms with Crippen LogP contribution in [-0.4, -0.2) is 29.0 Å². The fourth-order valence-corrected chi connectivity index (χ4v) is 3.11. The molecule has 2 rings (SSSR count). The quantitative estimate of drug-likeness (QED) is 0.888. The number of hydrogen-bond acceptors (Lipinski definition) is 5. The van der Waals surface area contributed by atoms with Gasteiger partial charge >= 0.3 is 5.97 Å². The average molecular weight is 308 g/mol. The SMILES string of the molecule is CNC(=O)c1nc(/C=C/c2ccc(CC(=O)O)s2)cs1. The molecule has 0 saturated carbocycles. The Hall–Kier alpha value is -1.99. The van der Waals surface area contributed by atoms with Crippen LogP contribution >= 0.6 is 22.7 Å². The maximum absolute atomic E-state index is 11.4. The van der Waals surface area contributed by atoms with E-state index in [-0.39, 0.29) is 12.3 Å². The summed E-state index contributed by atoms with van der Waals surface area (Å²) in [6, 6.07) is 3.67. The molecule has 5 nitrogen and oxygen atoms in total. The van der Waals surface area contributed by atoms with Crippen LogP contribution in [-0.2, 0) is 11.2 Å². The first-order valence-corrected chi connectivity index (χ1v) is 7.44. The zero-order valence-electron chi connectivity index (χ0n) is 10.6. The molecule has 104 valence electrons. The Labute approximate surface area is 123 Å². The number of nitrogens with zero attached hydrogens (tertiary/aromatic N) is 1. The van der Waals surface area contributed by atoms with Gasteiger partial charge in [-0.15, -0.1) is 22.7 Å².